The molecule has 0 aromatic heterocycles. The van der Waals surface area contributed by atoms with Crippen LogP contribution in [0.5, 0.6) is 0 Å². The van der Waals surface area contributed by atoms with E-state index in [-0.39, 0.29) is 0 Å². The van der Waals surface area contributed by atoms with Gasteiger partial charge in [0.25, 0.3) is 0 Å². The highest BCUT2D eigenvalue weighted by atomic mass is 14.4. The van der Waals surface area contributed by atoms with Crippen LogP contribution in [0.4, 0.5) is 0 Å². The molecule has 0 saturated heterocycles. The van der Waals surface area contributed by atoms with Crippen molar-refractivity contribution in [3.8, 4) is 0 Å². The highest BCUT2D eigenvalue weighted by Crippen LogP contribution is 2.49. The Morgan fingerprint density at radius 3 is 1.35 bits per heavy atom. The van der Waals surface area contributed by atoms with E-state index in [1.807, 2.05) is 0 Å². The molecule has 0 unspecified atom stereocenters. The largest absolute Gasteiger partial charge is 0.0999 e. The molecule has 2 aliphatic rings. The van der Waals surface area contributed by atoms with Gasteiger partial charge in [0.2, 0.25) is 0 Å². The van der Waals surface area contributed by atoms with Crippen molar-refractivity contribution in [1.29, 1.82) is 0 Å². The molecule has 0 N–H and O–H groups in total. The molecular formula is C17H28. The van der Waals surface area contributed by atoms with Gasteiger partial charge in [-0.3, -0.25) is 0 Å². The third-order valence-electron chi connectivity index (χ3n) is 5.49. The van der Waals surface area contributed by atoms with Crippen molar-refractivity contribution in [1.82, 2.24) is 0 Å². The van der Waals surface area contributed by atoms with Crippen LogP contribution in [0.3, 0.4) is 0 Å². The predicted molar refractivity (Wildman–Crippen MR) is 76.0 cm³/mol. The van der Waals surface area contributed by atoms with Gasteiger partial charge in [0.05, 0.1) is 0 Å². The summed E-state index contributed by atoms with van der Waals surface area (Å²) in [6, 6.07) is 0. The van der Waals surface area contributed by atoms with Crippen molar-refractivity contribution >= 4 is 0 Å². The molecule has 0 heterocycles. The summed E-state index contributed by atoms with van der Waals surface area (Å²) in [5.41, 5.74) is 3.49. The van der Waals surface area contributed by atoms with E-state index in [1.54, 1.807) is 0 Å². The SMILES string of the molecule is C=C1CCC(C(C)(C)C2CCC(=C)CC2)CC1. The summed E-state index contributed by atoms with van der Waals surface area (Å²) >= 11 is 0. The van der Waals surface area contributed by atoms with Crippen LogP contribution in [0.15, 0.2) is 24.3 Å². The minimum absolute atomic E-state index is 0.529. The van der Waals surface area contributed by atoms with Gasteiger partial charge in [-0.1, -0.05) is 38.2 Å². The maximum absolute atomic E-state index is 4.14. The van der Waals surface area contributed by atoms with Gasteiger partial charge in [-0.15, -0.1) is 0 Å². The summed E-state index contributed by atoms with van der Waals surface area (Å²) in [5, 5.41) is 0. The molecule has 0 amide bonds. The zero-order valence-corrected chi connectivity index (χ0v) is 11.7. The van der Waals surface area contributed by atoms with Gasteiger partial charge >= 0.3 is 0 Å². The lowest BCUT2D eigenvalue weighted by Gasteiger charge is -2.45. The Balaban J connectivity index is 1.97. The van der Waals surface area contributed by atoms with Crippen LogP contribution < -0.4 is 0 Å². The lowest BCUT2D eigenvalue weighted by atomic mass is 9.60. The molecule has 0 heteroatoms. The van der Waals surface area contributed by atoms with E-state index < -0.39 is 0 Å². The molecule has 0 atom stereocenters. The van der Waals surface area contributed by atoms with Crippen molar-refractivity contribution < 1.29 is 0 Å². The van der Waals surface area contributed by atoms with Crippen molar-refractivity contribution in [2.24, 2.45) is 17.3 Å². The Kier molecular flexibility index (Phi) is 3.80. The van der Waals surface area contributed by atoms with Gasteiger partial charge in [0, 0.05) is 0 Å². The van der Waals surface area contributed by atoms with Crippen molar-refractivity contribution in [3.63, 3.8) is 0 Å². The standard InChI is InChI=1S/C17H28/c1-13-5-9-15(10-6-13)17(3,4)16-11-7-14(2)8-12-16/h15-16H,1-2,5-12H2,3-4H3. The second-order valence-corrected chi connectivity index (χ2v) is 6.87. The number of allylic oxidation sites excluding steroid dienone is 2. The normalized spacial score (nSPS) is 25.3. The lowest BCUT2D eigenvalue weighted by molar-refractivity contribution is 0.0730. The first-order valence-electron chi connectivity index (χ1n) is 7.33. The molecule has 0 aromatic rings. The Hall–Kier alpha value is -0.520. The summed E-state index contributed by atoms with van der Waals surface area (Å²) in [6.07, 6.45) is 10.6. The van der Waals surface area contributed by atoms with Gasteiger partial charge in [-0.25, -0.2) is 0 Å². The Morgan fingerprint density at radius 1 is 0.765 bits per heavy atom. The molecule has 2 fully saturated rings. The van der Waals surface area contributed by atoms with E-state index in [0.717, 1.165) is 11.8 Å². The molecule has 2 aliphatic carbocycles. The first-order valence-corrected chi connectivity index (χ1v) is 7.33. The van der Waals surface area contributed by atoms with E-state index in [2.05, 4.69) is 27.0 Å². The monoisotopic (exact) mass is 232 g/mol. The molecule has 17 heavy (non-hydrogen) atoms. The number of hydrogen-bond donors (Lipinski definition) is 0. The smallest absolute Gasteiger partial charge is 0.0297 e. The molecule has 0 aliphatic heterocycles. The molecule has 2 saturated carbocycles. The van der Waals surface area contributed by atoms with Crippen LogP contribution in [-0.4, -0.2) is 0 Å². The topological polar surface area (TPSA) is 0 Å². The Morgan fingerprint density at radius 2 is 1.06 bits per heavy atom. The Labute approximate surface area is 107 Å². The van der Waals surface area contributed by atoms with Gasteiger partial charge in [0.15, 0.2) is 0 Å². The summed E-state index contributed by atoms with van der Waals surface area (Å²) < 4.78 is 0. The maximum atomic E-state index is 4.14. The quantitative estimate of drug-likeness (QED) is 0.551. The summed E-state index contributed by atoms with van der Waals surface area (Å²) in [5.74, 6) is 1.84. The van der Waals surface area contributed by atoms with E-state index in [4.69, 9.17) is 0 Å². The fraction of sp³-hybridized carbons (Fsp3) is 0.765. The van der Waals surface area contributed by atoms with Crippen LogP contribution in [-0.2, 0) is 0 Å². The zero-order chi connectivity index (χ0) is 12.5. The zero-order valence-electron chi connectivity index (χ0n) is 11.7. The van der Waals surface area contributed by atoms with Crippen LogP contribution in [0.2, 0.25) is 0 Å². The summed E-state index contributed by atoms with van der Waals surface area (Å²) in [6.45, 7) is 13.3. The maximum Gasteiger partial charge on any atom is -0.0297 e. The average Bonchev–Trinajstić information content (AvgIpc) is 2.30. The third kappa shape index (κ3) is 2.84. The number of hydrogen-bond acceptors (Lipinski definition) is 0. The van der Waals surface area contributed by atoms with Crippen molar-refractivity contribution in [3.05, 3.63) is 24.3 Å². The first kappa shape index (κ1) is 12.9. The van der Waals surface area contributed by atoms with Crippen LogP contribution >= 0.6 is 0 Å². The fourth-order valence-electron chi connectivity index (χ4n) is 3.87. The minimum atomic E-state index is 0.529. The Bertz CT molecular complexity index is 258. The van der Waals surface area contributed by atoms with Crippen LogP contribution in [0.1, 0.15) is 65.2 Å². The van der Waals surface area contributed by atoms with Gasteiger partial charge < -0.3 is 0 Å². The molecule has 2 rings (SSSR count). The number of rotatable bonds is 2. The summed E-state index contributed by atoms with van der Waals surface area (Å²) in [7, 11) is 0. The molecule has 0 nitrogen and oxygen atoms in total. The van der Waals surface area contributed by atoms with Crippen LogP contribution in [0, 0.1) is 17.3 Å². The lowest BCUT2D eigenvalue weighted by Crippen LogP contribution is -2.35. The van der Waals surface area contributed by atoms with Crippen molar-refractivity contribution in [2.75, 3.05) is 0 Å². The van der Waals surface area contributed by atoms with E-state index in [0.29, 0.717) is 5.41 Å². The molecule has 0 aromatic carbocycles. The molecular weight excluding hydrogens is 204 g/mol. The average molecular weight is 232 g/mol. The van der Waals surface area contributed by atoms with Crippen molar-refractivity contribution in [2.45, 2.75) is 65.2 Å². The molecule has 0 spiro atoms. The van der Waals surface area contributed by atoms with Gasteiger partial charge in [-0.05, 0) is 68.6 Å². The second kappa shape index (κ2) is 5.00. The summed E-state index contributed by atoms with van der Waals surface area (Å²) in [4.78, 5) is 0. The minimum Gasteiger partial charge on any atom is -0.0999 e. The highest BCUT2D eigenvalue weighted by molar-refractivity contribution is 5.04. The molecule has 0 radical (unpaired) electrons. The first-order chi connectivity index (χ1) is 8.00. The van der Waals surface area contributed by atoms with Gasteiger partial charge in [0.1, 0.15) is 0 Å². The predicted octanol–water partition coefficient (Wildman–Crippen LogP) is 5.51. The van der Waals surface area contributed by atoms with E-state index in [9.17, 15) is 0 Å². The second-order valence-electron chi connectivity index (χ2n) is 6.87. The van der Waals surface area contributed by atoms with Crippen LogP contribution in [0.25, 0.3) is 0 Å². The highest BCUT2D eigenvalue weighted by Gasteiger charge is 2.38. The van der Waals surface area contributed by atoms with E-state index in [1.165, 1.54) is 62.5 Å². The van der Waals surface area contributed by atoms with Gasteiger partial charge in [-0.2, -0.15) is 0 Å². The third-order valence-corrected chi connectivity index (χ3v) is 5.49. The fourth-order valence-corrected chi connectivity index (χ4v) is 3.87. The van der Waals surface area contributed by atoms with E-state index >= 15 is 0 Å². The molecule has 96 valence electrons. The molecule has 0 bridgehead atoms.